The van der Waals surface area contributed by atoms with Gasteiger partial charge < -0.3 is 9.64 Å². The predicted octanol–water partition coefficient (Wildman–Crippen LogP) is 3.93. The van der Waals surface area contributed by atoms with E-state index in [1.807, 2.05) is 24.3 Å². The van der Waals surface area contributed by atoms with Gasteiger partial charge >= 0.3 is 5.97 Å². The molecule has 2 aromatic carbocycles. The molecule has 0 bridgehead atoms. The average Bonchev–Trinajstić information content (AvgIpc) is 3.29. The second kappa shape index (κ2) is 8.52. The number of esters is 1. The summed E-state index contributed by atoms with van der Waals surface area (Å²) in [5.74, 6) is -0.840. The molecule has 1 aliphatic rings. The highest BCUT2D eigenvalue weighted by Gasteiger charge is 2.27. The lowest BCUT2D eigenvalue weighted by molar-refractivity contribution is 0.0602. The number of anilines is 2. The lowest BCUT2D eigenvalue weighted by Crippen LogP contribution is -2.35. The Bertz CT molecular complexity index is 1240. The minimum Gasteiger partial charge on any atom is -0.465 e. The number of thiophene rings is 1. The zero-order valence-corrected chi connectivity index (χ0v) is 18.3. The number of carbonyl (C=O) groups is 2. The molecule has 160 valence electrons. The van der Waals surface area contributed by atoms with E-state index in [9.17, 15) is 18.0 Å². The average molecular weight is 457 g/mol. The molecule has 1 N–H and O–H groups in total. The molecular weight excluding hydrogens is 436 g/mol. The number of amides is 1. The molecule has 1 amide bonds. The largest absolute Gasteiger partial charge is 0.465 e. The molecule has 0 radical (unpaired) electrons. The number of aryl methyl sites for hydroxylation is 1. The van der Waals surface area contributed by atoms with Gasteiger partial charge in [-0.05, 0) is 54.1 Å². The maximum Gasteiger partial charge on any atom is 0.349 e. The molecule has 0 saturated heterocycles. The first-order valence-corrected chi connectivity index (χ1v) is 12.0. The van der Waals surface area contributed by atoms with Gasteiger partial charge in [0.25, 0.3) is 15.9 Å². The van der Waals surface area contributed by atoms with Gasteiger partial charge in [0.2, 0.25) is 0 Å². The van der Waals surface area contributed by atoms with Crippen LogP contribution >= 0.6 is 11.3 Å². The fraction of sp³-hybridized carbons (Fsp3) is 0.182. The highest BCUT2D eigenvalue weighted by molar-refractivity contribution is 7.93. The third kappa shape index (κ3) is 4.19. The number of rotatable bonds is 5. The Balaban J connectivity index is 1.66. The van der Waals surface area contributed by atoms with E-state index in [-0.39, 0.29) is 15.7 Å². The Morgan fingerprint density at radius 2 is 1.87 bits per heavy atom. The van der Waals surface area contributed by atoms with Crippen molar-refractivity contribution < 1.29 is 22.7 Å². The van der Waals surface area contributed by atoms with Gasteiger partial charge in [0.05, 0.1) is 12.8 Å². The normalized spacial score (nSPS) is 13.4. The maximum absolute atomic E-state index is 13.0. The van der Waals surface area contributed by atoms with Crippen LogP contribution in [0.4, 0.5) is 11.4 Å². The molecule has 0 unspecified atom stereocenters. The molecule has 0 aliphatic carbocycles. The molecule has 0 atom stereocenters. The molecule has 9 heteroatoms. The van der Waals surface area contributed by atoms with E-state index >= 15 is 0 Å². The van der Waals surface area contributed by atoms with Crippen LogP contribution in [0.15, 0.2) is 64.9 Å². The first-order chi connectivity index (χ1) is 14.9. The van der Waals surface area contributed by atoms with Crippen LogP contribution in [0, 0.1) is 0 Å². The van der Waals surface area contributed by atoms with E-state index in [1.54, 1.807) is 29.2 Å². The van der Waals surface area contributed by atoms with Crippen molar-refractivity contribution in [2.24, 2.45) is 0 Å². The molecule has 3 aromatic rings. The molecular formula is C22H20N2O5S2. The number of fused-ring (bicyclic) bond motifs is 1. The number of carbonyl (C=O) groups excluding carboxylic acids is 2. The van der Waals surface area contributed by atoms with Crippen molar-refractivity contribution in [1.29, 1.82) is 0 Å². The number of hydrogen-bond donors (Lipinski definition) is 1. The molecule has 0 saturated carbocycles. The summed E-state index contributed by atoms with van der Waals surface area (Å²) in [6, 6.07) is 15.5. The van der Waals surface area contributed by atoms with Crippen LogP contribution in [-0.4, -0.2) is 33.9 Å². The topological polar surface area (TPSA) is 92.8 Å². The monoisotopic (exact) mass is 456 g/mol. The second-order valence-electron chi connectivity index (χ2n) is 6.98. The zero-order chi connectivity index (χ0) is 22.0. The van der Waals surface area contributed by atoms with Gasteiger partial charge in [-0.15, -0.1) is 11.3 Å². The molecule has 31 heavy (non-hydrogen) atoms. The summed E-state index contributed by atoms with van der Waals surface area (Å²) < 4.78 is 33.0. The van der Waals surface area contributed by atoms with Crippen molar-refractivity contribution in [3.8, 4) is 0 Å². The maximum atomic E-state index is 13.0. The van der Waals surface area contributed by atoms with Crippen molar-refractivity contribution in [3.05, 3.63) is 76.0 Å². The van der Waals surface area contributed by atoms with E-state index in [0.29, 0.717) is 23.5 Å². The molecule has 0 fully saturated rings. The van der Waals surface area contributed by atoms with Gasteiger partial charge in [-0.2, -0.15) is 0 Å². The van der Waals surface area contributed by atoms with Crippen LogP contribution in [-0.2, 0) is 21.2 Å². The van der Waals surface area contributed by atoms with Crippen molar-refractivity contribution in [1.82, 2.24) is 0 Å². The van der Waals surface area contributed by atoms with Gasteiger partial charge in [0.15, 0.2) is 0 Å². The number of nitrogens with one attached hydrogen (secondary N) is 1. The zero-order valence-electron chi connectivity index (χ0n) is 16.7. The van der Waals surface area contributed by atoms with Crippen molar-refractivity contribution in [2.75, 3.05) is 23.3 Å². The number of benzene rings is 2. The number of sulfonamides is 1. The van der Waals surface area contributed by atoms with Gasteiger partial charge in [-0.25, -0.2) is 13.2 Å². The lowest BCUT2D eigenvalue weighted by Gasteiger charge is -2.30. The quantitative estimate of drug-likeness (QED) is 0.587. The molecule has 1 aliphatic heterocycles. The third-order valence-electron chi connectivity index (χ3n) is 5.01. The van der Waals surface area contributed by atoms with Crippen LogP contribution in [0.25, 0.3) is 0 Å². The van der Waals surface area contributed by atoms with Crippen LogP contribution in [0.1, 0.15) is 32.0 Å². The molecule has 0 spiro atoms. The molecule has 4 rings (SSSR count). The number of methoxy groups -OCH3 is 1. The summed E-state index contributed by atoms with van der Waals surface area (Å²) in [5.41, 5.74) is 2.54. The second-order valence-corrected chi connectivity index (χ2v) is 9.55. The van der Waals surface area contributed by atoms with Gasteiger partial charge in [0.1, 0.15) is 9.77 Å². The van der Waals surface area contributed by atoms with Gasteiger partial charge in [-0.1, -0.05) is 24.3 Å². The first kappa shape index (κ1) is 21.1. The van der Waals surface area contributed by atoms with E-state index < -0.39 is 16.0 Å². The van der Waals surface area contributed by atoms with Crippen LogP contribution < -0.4 is 9.62 Å². The van der Waals surface area contributed by atoms with E-state index in [1.165, 1.54) is 18.6 Å². The summed E-state index contributed by atoms with van der Waals surface area (Å²) in [6.07, 6.45) is 1.63. The Morgan fingerprint density at radius 1 is 1.10 bits per heavy atom. The van der Waals surface area contributed by atoms with E-state index in [2.05, 4.69) is 9.46 Å². The lowest BCUT2D eigenvalue weighted by atomic mass is 10.00. The van der Waals surface area contributed by atoms with Gasteiger partial charge in [-0.3, -0.25) is 9.52 Å². The highest BCUT2D eigenvalue weighted by atomic mass is 32.2. The summed E-state index contributed by atoms with van der Waals surface area (Å²) in [4.78, 5) is 26.5. The van der Waals surface area contributed by atoms with Crippen LogP contribution in [0.5, 0.6) is 0 Å². The van der Waals surface area contributed by atoms with Crippen LogP contribution in [0.3, 0.4) is 0 Å². The molecule has 7 nitrogen and oxygen atoms in total. The summed E-state index contributed by atoms with van der Waals surface area (Å²) in [5, 5.41) is 1.52. The Kier molecular flexibility index (Phi) is 5.79. The first-order valence-electron chi connectivity index (χ1n) is 9.59. The van der Waals surface area contributed by atoms with Crippen molar-refractivity contribution in [2.45, 2.75) is 17.7 Å². The molecule has 2 heterocycles. The van der Waals surface area contributed by atoms with Crippen molar-refractivity contribution >= 4 is 44.6 Å². The third-order valence-corrected chi connectivity index (χ3v) is 7.46. The van der Waals surface area contributed by atoms with Crippen LogP contribution in [0.2, 0.25) is 0 Å². The Morgan fingerprint density at radius 3 is 2.61 bits per heavy atom. The SMILES string of the molecule is COC(=O)c1sccc1S(=O)(=O)Nc1ccc2c(c1)N(C(=O)c1ccccc1)CCC2. The van der Waals surface area contributed by atoms with E-state index in [0.717, 1.165) is 29.7 Å². The van der Waals surface area contributed by atoms with E-state index in [4.69, 9.17) is 0 Å². The highest BCUT2D eigenvalue weighted by Crippen LogP contribution is 2.33. The van der Waals surface area contributed by atoms with Crippen molar-refractivity contribution in [3.63, 3.8) is 0 Å². The number of ether oxygens (including phenoxy) is 1. The fourth-order valence-corrected chi connectivity index (χ4v) is 5.93. The number of hydrogen-bond acceptors (Lipinski definition) is 6. The summed E-state index contributed by atoms with van der Waals surface area (Å²) >= 11 is 0.998. The Hall–Kier alpha value is -3.17. The summed E-state index contributed by atoms with van der Waals surface area (Å²) in [6.45, 7) is 0.550. The minimum absolute atomic E-state index is 0.00819. The molecule has 1 aromatic heterocycles. The smallest absolute Gasteiger partial charge is 0.349 e. The fourth-order valence-electron chi connectivity index (χ4n) is 3.55. The summed E-state index contributed by atoms with van der Waals surface area (Å²) in [7, 11) is -2.81. The van der Waals surface area contributed by atoms with Gasteiger partial charge in [0, 0.05) is 17.8 Å². The minimum atomic E-state index is -4.02. The predicted molar refractivity (Wildman–Crippen MR) is 119 cm³/mol. The standard InChI is InChI=1S/C22H20N2O5S2/c1-29-22(26)20-19(11-13-30-20)31(27,28)23-17-10-9-15-8-5-12-24(18(15)14-17)21(25)16-6-3-2-4-7-16/h2-4,6-7,9-11,13-14,23H,5,8,12H2,1H3. The Labute approximate surface area is 184 Å². The number of nitrogens with zero attached hydrogens (tertiary/aromatic N) is 1.